The largest absolute Gasteiger partial charge is 0.396 e. The molecule has 1 aromatic rings. The Labute approximate surface area is 139 Å². The summed E-state index contributed by atoms with van der Waals surface area (Å²) >= 11 is 0. The van der Waals surface area contributed by atoms with Crippen molar-refractivity contribution in [1.29, 1.82) is 5.41 Å². The van der Waals surface area contributed by atoms with Crippen LogP contribution in [0.1, 0.15) is 51.7 Å². The van der Waals surface area contributed by atoms with Crippen LogP contribution in [0.3, 0.4) is 0 Å². The molecule has 1 saturated heterocycles. The molecule has 3 N–H and O–H groups in total. The van der Waals surface area contributed by atoms with Gasteiger partial charge in [-0.3, -0.25) is 5.41 Å². The van der Waals surface area contributed by atoms with Crippen molar-refractivity contribution >= 4 is 11.5 Å². The Bertz CT molecular complexity index is 605. The number of anilines is 1. The van der Waals surface area contributed by atoms with Crippen molar-refractivity contribution in [2.24, 2.45) is 11.8 Å². The van der Waals surface area contributed by atoms with Crippen LogP contribution in [0.5, 0.6) is 0 Å². The number of nitrogens with one attached hydrogen (secondary N) is 2. The first-order valence-electron chi connectivity index (χ1n) is 8.68. The van der Waals surface area contributed by atoms with E-state index in [9.17, 15) is 5.11 Å². The van der Waals surface area contributed by atoms with E-state index in [1.807, 2.05) is 0 Å². The van der Waals surface area contributed by atoms with E-state index < -0.39 is 0 Å². The maximum absolute atomic E-state index is 9.26. The Morgan fingerprint density at radius 1 is 1.35 bits per heavy atom. The molecular weight excluding hydrogens is 286 g/mol. The van der Waals surface area contributed by atoms with Gasteiger partial charge in [0.05, 0.1) is 0 Å². The highest BCUT2D eigenvalue weighted by atomic mass is 16.3. The molecule has 3 rings (SSSR count). The highest BCUT2D eigenvalue weighted by molar-refractivity contribution is 6.03. The van der Waals surface area contributed by atoms with Gasteiger partial charge in [-0.1, -0.05) is 33.8 Å². The minimum atomic E-state index is 0.0841. The van der Waals surface area contributed by atoms with Crippen molar-refractivity contribution in [3.63, 3.8) is 0 Å². The predicted octanol–water partition coefficient (Wildman–Crippen LogP) is 3.40. The number of fused-ring (bicyclic) bond motifs is 2. The van der Waals surface area contributed by atoms with Crippen LogP contribution in [0.4, 0.5) is 5.69 Å². The third-order valence-corrected chi connectivity index (χ3v) is 5.30. The summed E-state index contributed by atoms with van der Waals surface area (Å²) in [6, 6.07) is 6.48. The van der Waals surface area contributed by atoms with Gasteiger partial charge < -0.3 is 15.3 Å². The zero-order valence-electron chi connectivity index (χ0n) is 14.7. The second-order valence-corrected chi connectivity index (χ2v) is 8.19. The summed E-state index contributed by atoms with van der Waals surface area (Å²) in [6.07, 6.45) is 2.14. The van der Waals surface area contributed by atoms with Crippen molar-refractivity contribution in [3.8, 4) is 0 Å². The van der Waals surface area contributed by atoms with Crippen molar-refractivity contribution in [2.75, 3.05) is 18.5 Å². The maximum Gasteiger partial charge on any atom is 0.131 e. The molecule has 0 saturated carbocycles. The molecule has 0 amide bonds. The van der Waals surface area contributed by atoms with Crippen LogP contribution < -0.4 is 5.32 Å². The number of amidine groups is 1. The maximum atomic E-state index is 9.26. The normalized spacial score (nSPS) is 27.3. The smallest absolute Gasteiger partial charge is 0.131 e. The minimum Gasteiger partial charge on any atom is -0.396 e. The number of nitrogens with zero attached hydrogens (tertiary/aromatic N) is 1. The molecule has 0 aromatic heterocycles. The van der Waals surface area contributed by atoms with Crippen molar-refractivity contribution in [1.82, 2.24) is 4.90 Å². The average Bonchev–Trinajstić information content (AvgIpc) is 2.48. The van der Waals surface area contributed by atoms with E-state index in [-0.39, 0.29) is 18.2 Å². The third kappa shape index (κ3) is 2.97. The quantitative estimate of drug-likeness (QED) is 0.784. The fourth-order valence-electron chi connectivity index (χ4n) is 3.92. The summed E-state index contributed by atoms with van der Waals surface area (Å²) in [5.41, 5.74) is 3.43. The van der Waals surface area contributed by atoms with Gasteiger partial charge in [0.25, 0.3) is 0 Å². The standard InChI is InChI=1S/C19H29N3O/c1-12-9-13(7-8-23)11-22-17(20)15-10-14(19(2,3)4)5-6-16(15)21-18(12)22/h5-6,10,12-13,18,20-21,23H,7-9,11H2,1-4H3. The van der Waals surface area contributed by atoms with E-state index in [4.69, 9.17) is 5.41 Å². The topological polar surface area (TPSA) is 59.4 Å². The highest BCUT2D eigenvalue weighted by Crippen LogP contribution is 2.37. The Kier molecular flexibility index (Phi) is 4.13. The summed E-state index contributed by atoms with van der Waals surface area (Å²) < 4.78 is 0. The number of piperidine rings is 1. The Morgan fingerprint density at radius 2 is 2.09 bits per heavy atom. The fourth-order valence-corrected chi connectivity index (χ4v) is 3.92. The van der Waals surface area contributed by atoms with Crippen molar-refractivity contribution in [2.45, 2.75) is 52.1 Å². The molecule has 0 spiro atoms. The number of hydrogen-bond donors (Lipinski definition) is 3. The van der Waals surface area contributed by atoms with Crippen LogP contribution in [-0.4, -0.2) is 35.2 Å². The lowest BCUT2D eigenvalue weighted by molar-refractivity contribution is 0.120. The first-order valence-corrected chi connectivity index (χ1v) is 8.68. The molecule has 3 unspecified atom stereocenters. The first kappa shape index (κ1) is 16.3. The van der Waals surface area contributed by atoms with Crippen LogP contribution >= 0.6 is 0 Å². The van der Waals surface area contributed by atoms with E-state index in [0.717, 1.165) is 30.6 Å². The van der Waals surface area contributed by atoms with E-state index in [1.54, 1.807) is 0 Å². The molecule has 1 fully saturated rings. The Hall–Kier alpha value is -1.55. The van der Waals surface area contributed by atoms with Gasteiger partial charge in [0.15, 0.2) is 0 Å². The van der Waals surface area contributed by atoms with Crippen LogP contribution in [0.2, 0.25) is 0 Å². The molecular formula is C19H29N3O. The lowest BCUT2D eigenvalue weighted by Crippen LogP contribution is -2.57. The number of aliphatic hydroxyl groups is 1. The molecule has 0 bridgehead atoms. The van der Waals surface area contributed by atoms with E-state index in [2.05, 4.69) is 56.1 Å². The van der Waals surface area contributed by atoms with Gasteiger partial charge in [-0.2, -0.15) is 0 Å². The highest BCUT2D eigenvalue weighted by Gasteiger charge is 2.39. The monoisotopic (exact) mass is 315 g/mol. The minimum absolute atomic E-state index is 0.0841. The molecule has 23 heavy (non-hydrogen) atoms. The zero-order chi connectivity index (χ0) is 16.8. The summed E-state index contributed by atoms with van der Waals surface area (Å²) in [7, 11) is 0. The average molecular weight is 315 g/mol. The van der Waals surface area contributed by atoms with E-state index >= 15 is 0 Å². The second-order valence-electron chi connectivity index (χ2n) is 8.19. The fraction of sp³-hybridized carbons (Fsp3) is 0.632. The van der Waals surface area contributed by atoms with Gasteiger partial charge in [0.1, 0.15) is 12.0 Å². The summed E-state index contributed by atoms with van der Waals surface area (Å²) in [5, 5.41) is 21.6. The van der Waals surface area contributed by atoms with Gasteiger partial charge in [0, 0.05) is 24.4 Å². The zero-order valence-corrected chi connectivity index (χ0v) is 14.7. The number of benzene rings is 1. The molecule has 2 aliphatic heterocycles. The van der Waals surface area contributed by atoms with Gasteiger partial charge in [0.2, 0.25) is 0 Å². The van der Waals surface area contributed by atoms with Crippen LogP contribution in [-0.2, 0) is 5.41 Å². The molecule has 0 radical (unpaired) electrons. The van der Waals surface area contributed by atoms with Crippen molar-refractivity contribution < 1.29 is 5.11 Å². The van der Waals surface area contributed by atoms with E-state index in [1.165, 1.54) is 5.56 Å². The van der Waals surface area contributed by atoms with Gasteiger partial charge >= 0.3 is 0 Å². The SMILES string of the molecule is CC1CC(CCO)CN2C(=N)c3cc(C(C)(C)C)ccc3NC12. The molecule has 2 aliphatic rings. The number of aliphatic hydroxyl groups excluding tert-OH is 1. The molecule has 0 aliphatic carbocycles. The van der Waals surface area contributed by atoms with Crippen LogP contribution in [0.25, 0.3) is 0 Å². The third-order valence-electron chi connectivity index (χ3n) is 5.30. The van der Waals surface area contributed by atoms with Gasteiger partial charge in [-0.15, -0.1) is 0 Å². The molecule has 4 nitrogen and oxygen atoms in total. The molecule has 126 valence electrons. The number of hydrogen-bond acceptors (Lipinski definition) is 3. The van der Waals surface area contributed by atoms with Gasteiger partial charge in [-0.25, -0.2) is 0 Å². The lowest BCUT2D eigenvalue weighted by atomic mass is 9.82. The summed E-state index contributed by atoms with van der Waals surface area (Å²) in [5.74, 6) is 1.57. The Morgan fingerprint density at radius 3 is 2.74 bits per heavy atom. The molecule has 4 heteroatoms. The van der Waals surface area contributed by atoms with Crippen LogP contribution in [0, 0.1) is 17.2 Å². The molecule has 2 heterocycles. The Balaban J connectivity index is 1.93. The lowest BCUT2D eigenvalue weighted by Gasteiger charge is -2.48. The van der Waals surface area contributed by atoms with E-state index in [0.29, 0.717) is 17.7 Å². The second kappa shape index (κ2) is 5.82. The number of rotatable bonds is 2. The summed E-state index contributed by atoms with van der Waals surface area (Å²) in [4.78, 5) is 2.20. The van der Waals surface area contributed by atoms with Crippen molar-refractivity contribution in [3.05, 3.63) is 29.3 Å². The first-order chi connectivity index (χ1) is 10.8. The molecule has 1 aromatic carbocycles. The van der Waals surface area contributed by atoms with Gasteiger partial charge in [-0.05, 0) is 47.8 Å². The predicted molar refractivity (Wildman–Crippen MR) is 95.1 cm³/mol. The molecule has 3 atom stereocenters. The summed E-state index contributed by atoms with van der Waals surface area (Å²) in [6.45, 7) is 9.96. The van der Waals surface area contributed by atoms with Crippen LogP contribution in [0.15, 0.2) is 18.2 Å².